The summed E-state index contributed by atoms with van der Waals surface area (Å²) in [5.74, 6) is -0.658. The average molecular weight is 476 g/mol. The van der Waals surface area contributed by atoms with E-state index in [0.717, 1.165) is 38.5 Å². The van der Waals surface area contributed by atoms with Gasteiger partial charge in [-0.1, -0.05) is 30.5 Å². The van der Waals surface area contributed by atoms with E-state index < -0.39 is 15.9 Å². The number of nitrogens with zero attached hydrogens (tertiary/aromatic N) is 1. The molecule has 0 spiro atoms. The van der Waals surface area contributed by atoms with Crippen LogP contribution in [0.2, 0.25) is 5.02 Å². The number of benzene rings is 2. The van der Waals surface area contributed by atoms with Gasteiger partial charge in [-0.15, -0.1) is 0 Å². The Kier molecular flexibility index (Phi) is 6.83. The van der Waals surface area contributed by atoms with Gasteiger partial charge in [-0.25, -0.2) is 8.42 Å². The van der Waals surface area contributed by atoms with Gasteiger partial charge >= 0.3 is 0 Å². The Balaban J connectivity index is 1.53. The van der Waals surface area contributed by atoms with Gasteiger partial charge in [0.25, 0.3) is 11.8 Å². The van der Waals surface area contributed by atoms with Crippen LogP contribution >= 0.6 is 11.6 Å². The van der Waals surface area contributed by atoms with Crippen LogP contribution in [0.25, 0.3) is 0 Å². The maximum absolute atomic E-state index is 13.2. The van der Waals surface area contributed by atoms with Crippen molar-refractivity contribution in [2.24, 2.45) is 0 Å². The molecule has 2 aliphatic rings. The van der Waals surface area contributed by atoms with Gasteiger partial charge in [-0.05, 0) is 62.1 Å². The van der Waals surface area contributed by atoms with Crippen LogP contribution in [0.4, 0.5) is 5.69 Å². The van der Waals surface area contributed by atoms with Crippen molar-refractivity contribution in [3.63, 3.8) is 0 Å². The Hall–Kier alpha value is -2.42. The number of sulfonamides is 1. The molecule has 2 aromatic carbocycles. The summed E-state index contributed by atoms with van der Waals surface area (Å²) in [7, 11) is -3.80. The van der Waals surface area contributed by atoms with Crippen molar-refractivity contribution >= 4 is 39.1 Å². The molecule has 0 atom stereocenters. The van der Waals surface area contributed by atoms with Gasteiger partial charge in [0.1, 0.15) is 4.90 Å². The SMILES string of the molecule is O=C(Nc1cccc(C(=O)NC2CC2)c1)c1ccc(Cl)c(S(=O)(=O)N2CCCCCC2)c1. The van der Waals surface area contributed by atoms with Crippen LogP contribution < -0.4 is 10.6 Å². The van der Waals surface area contributed by atoms with Crippen LogP contribution in [0.15, 0.2) is 47.4 Å². The number of carbonyl (C=O) groups excluding carboxylic acids is 2. The molecule has 0 radical (unpaired) electrons. The lowest BCUT2D eigenvalue weighted by atomic mass is 10.1. The molecule has 1 aliphatic heterocycles. The molecule has 1 saturated heterocycles. The normalized spacial score (nSPS) is 17.4. The molecule has 0 aromatic heterocycles. The van der Waals surface area contributed by atoms with Crippen molar-refractivity contribution in [1.29, 1.82) is 0 Å². The van der Waals surface area contributed by atoms with Crippen molar-refractivity contribution in [3.05, 3.63) is 58.6 Å². The minimum absolute atomic E-state index is 0.0636. The lowest BCUT2D eigenvalue weighted by Gasteiger charge is -2.21. The highest BCUT2D eigenvalue weighted by Gasteiger charge is 2.28. The second kappa shape index (κ2) is 9.60. The molecule has 1 aliphatic carbocycles. The van der Waals surface area contributed by atoms with Gasteiger partial charge in [0.15, 0.2) is 0 Å². The molecular formula is C23H26ClN3O4S. The molecule has 2 aromatic rings. The van der Waals surface area contributed by atoms with Crippen molar-refractivity contribution in [2.45, 2.75) is 49.5 Å². The lowest BCUT2D eigenvalue weighted by molar-refractivity contribution is 0.0949. The topological polar surface area (TPSA) is 95.6 Å². The summed E-state index contributed by atoms with van der Waals surface area (Å²) in [5, 5.41) is 5.74. The van der Waals surface area contributed by atoms with Gasteiger partial charge in [0, 0.05) is 35.9 Å². The van der Waals surface area contributed by atoms with Gasteiger partial charge < -0.3 is 10.6 Å². The molecule has 7 nitrogen and oxygen atoms in total. The van der Waals surface area contributed by atoms with E-state index in [1.54, 1.807) is 24.3 Å². The number of hydrogen-bond donors (Lipinski definition) is 2. The summed E-state index contributed by atoms with van der Waals surface area (Å²) in [6.07, 6.45) is 5.59. The van der Waals surface area contributed by atoms with Crippen LogP contribution in [-0.4, -0.2) is 43.7 Å². The van der Waals surface area contributed by atoms with E-state index in [0.29, 0.717) is 24.3 Å². The first kappa shape index (κ1) is 22.8. The third kappa shape index (κ3) is 5.31. The fourth-order valence-electron chi connectivity index (χ4n) is 3.70. The predicted molar refractivity (Wildman–Crippen MR) is 124 cm³/mol. The highest BCUT2D eigenvalue weighted by Crippen LogP contribution is 2.28. The van der Waals surface area contributed by atoms with Gasteiger partial charge in [-0.2, -0.15) is 4.31 Å². The monoisotopic (exact) mass is 475 g/mol. The molecule has 170 valence electrons. The van der Waals surface area contributed by atoms with Crippen LogP contribution in [0.5, 0.6) is 0 Å². The smallest absolute Gasteiger partial charge is 0.255 e. The number of rotatable bonds is 6. The maximum atomic E-state index is 13.2. The second-order valence-electron chi connectivity index (χ2n) is 8.25. The maximum Gasteiger partial charge on any atom is 0.255 e. The first-order valence-electron chi connectivity index (χ1n) is 10.9. The summed E-state index contributed by atoms with van der Waals surface area (Å²) in [6, 6.07) is 11.1. The summed E-state index contributed by atoms with van der Waals surface area (Å²) in [5.41, 5.74) is 1.08. The number of amides is 2. The minimum Gasteiger partial charge on any atom is -0.349 e. The Labute approximate surface area is 193 Å². The molecule has 1 saturated carbocycles. The molecule has 9 heteroatoms. The van der Waals surface area contributed by atoms with Gasteiger partial charge in [0.05, 0.1) is 5.02 Å². The molecule has 1 heterocycles. The molecular weight excluding hydrogens is 450 g/mol. The van der Waals surface area contributed by atoms with E-state index in [4.69, 9.17) is 11.6 Å². The molecule has 0 bridgehead atoms. The quantitative estimate of drug-likeness (QED) is 0.658. The zero-order valence-corrected chi connectivity index (χ0v) is 19.2. The van der Waals surface area contributed by atoms with Crippen molar-refractivity contribution in [3.8, 4) is 0 Å². The first-order valence-corrected chi connectivity index (χ1v) is 12.7. The molecule has 4 rings (SSSR count). The Morgan fingerprint density at radius 1 is 0.906 bits per heavy atom. The van der Waals surface area contributed by atoms with Crippen LogP contribution in [0.1, 0.15) is 59.2 Å². The van der Waals surface area contributed by atoms with E-state index in [1.165, 1.54) is 22.5 Å². The van der Waals surface area contributed by atoms with E-state index in [2.05, 4.69) is 10.6 Å². The zero-order chi connectivity index (χ0) is 22.7. The van der Waals surface area contributed by atoms with Crippen LogP contribution in [-0.2, 0) is 10.0 Å². The number of carbonyl (C=O) groups is 2. The third-order valence-electron chi connectivity index (χ3n) is 5.67. The zero-order valence-electron chi connectivity index (χ0n) is 17.6. The molecule has 2 fully saturated rings. The molecule has 0 unspecified atom stereocenters. The molecule has 32 heavy (non-hydrogen) atoms. The van der Waals surface area contributed by atoms with E-state index >= 15 is 0 Å². The molecule has 2 amide bonds. The van der Waals surface area contributed by atoms with Crippen molar-refractivity contribution < 1.29 is 18.0 Å². The largest absolute Gasteiger partial charge is 0.349 e. The predicted octanol–water partition coefficient (Wildman–Crippen LogP) is 4.05. The fourth-order valence-corrected chi connectivity index (χ4v) is 5.72. The summed E-state index contributed by atoms with van der Waals surface area (Å²) in [6.45, 7) is 0.898. The standard InChI is InChI=1S/C23H26ClN3O4S/c24-20-11-8-17(15-21(20)32(30,31)27-12-3-1-2-4-13-27)23(29)26-19-7-5-6-16(14-19)22(28)25-18-9-10-18/h5-8,11,14-15,18H,1-4,9-10,12-13H2,(H,25,28)(H,26,29). The Bertz CT molecular complexity index is 1120. The van der Waals surface area contributed by atoms with Crippen LogP contribution in [0, 0.1) is 0 Å². The van der Waals surface area contributed by atoms with Crippen molar-refractivity contribution in [1.82, 2.24) is 9.62 Å². The number of anilines is 1. The highest BCUT2D eigenvalue weighted by molar-refractivity contribution is 7.89. The third-order valence-corrected chi connectivity index (χ3v) is 8.05. The fraction of sp³-hybridized carbons (Fsp3) is 0.391. The lowest BCUT2D eigenvalue weighted by Crippen LogP contribution is -2.32. The van der Waals surface area contributed by atoms with E-state index in [-0.39, 0.29) is 27.4 Å². The summed E-state index contributed by atoms with van der Waals surface area (Å²) < 4.78 is 27.8. The number of nitrogens with one attached hydrogen (secondary N) is 2. The number of halogens is 1. The summed E-state index contributed by atoms with van der Waals surface area (Å²) in [4.78, 5) is 25.0. The number of hydrogen-bond acceptors (Lipinski definition) is 4. The van der Waals surface area contributed by atoms with Gasteiger partial charge in [-0.3, -0.25) is 9.59 Å². The van der Waals surface area contributed by atoms with E-state index in [1.807, 2.05) is 0 Å². The minimum atomic E-state index is -3.80. The van der Waals surface area contributed by atoms with Crippen LogP contribution in [0.3, 0.4) is 0 Å². The summed E-state index contributed by atoms with van der Waals surface area (Å²) >= 11 is 6.23. The van der Waals surface area contributed by atoms with Crippen molar-refractivity contribution in [2.75, 3.05) is 18.4 Å². The second-order valence-corrected chi connectivity index (χ2v) is 10.6. The highest BCUT2D eigenvalue weighted by atomic mass is 35.5. The average Bonchev–Trinajstić information content (AvgIpc) is 3.61. The van der Waals surface area contributed by atoms with E-state index in [9.17, 15) is 18.0 Å². The first-order chi connectivity index (χ1) is 15.3. The Morgan fingerprint density at radius 3 is 2.28 bits per heavy atom. The van der Waals surface area contributed by atoms with Gasteiger partial charge in [0.2, 0.25) is 10.0 Å². The Morgan fingerprint density at radius 2 is 1.59 bits per heavy atom. The molecule has 2 N–H and O–H groups in total.